The molecule has 2 aliphatic heterocycles. The van der Waals surface area contributed by atoms with Crippen LogP contribution in [0.25, 0.3) is 44.7 Å². The number of amides is 2. The van der Waals surface area contributed by atoms with Gasteiger partial charge in [-0.3, -0.25) is 14.6 Å². The van der Waals surface area contributed by atoms with Crippen molar-refractivity contribution in [3.63, 3.8) is 0 Å². The SMILES string of the molecule is COc1nc(-c2cccc(-c3cccc(-c4ccc5c(CNC[C@@H]6CCC(=O)N6)cn(C)c5n4)c3Cl)c2Cl)cnc1CNC[C@@H]1CCC(=O)N1. The van der Waals surface area contributed by atoms with E-state index in [-0.39, 0.29) is 23.9 Å². The van der Waals surface area contributed by atoms with Gasteiger partial charge in [0.1, 0.15) is 11.3 Å². The fourth-order valence-corrected chi connectivity index (χ4v) is 7.37. The number of hydrogen-bond donors (Lipinski definition) is 4. The molecule has 2 saturated heterocycles. The molecule has 0 saturated carbocycles. The summed E-state index contributed by atoms with van der Waals surface area (Å²) in [6, 6.07) is 16.0. The maximum atomic E-state index is 11.5. The molecule has 258 valence electrons. The number of aromatic nitrogens is 4. The molecule has 5 aromatic rings. The summed E-state index contributed by atoms with van der Waals surface area (Å²) in [5.74, 6) is 0.605. The zero-order valence-corrected chi connectivity index (χ0v) is 29.4. The third-order valence-corrected chi connectivity index (χ3v) is 10.1. The summed E-state index contributed by atoms with van der Waals surface area (Å²) < 4.78 is 7.62. The average molecular weight is 714 g/mol. The number of pyridine rings is 1. The van der Waals surface area contributed by atoms with E-state index in [0.717, 1.165) is 58.4 Å². The minimum atomic E-state index is 0.0862. The molecule has 0 bridgehead atoms. The number of carbonyl (C=O) groups is 2. The van der Waals surface area contributed by atoms with Crippen LogP contribution in [-0.2, 0) is 29.7 Å². The van der Waals surface area contributed by atoms with E-state index in [4.69, 9.17) is 37.9 Å². The van der Waals surface area contributed by atoms with Gasteiger partial charge < -0.3 is 30.6 Å². The number of methoxy groups -OCH3 is 1. The Kier molecular flexibility index (Phi) is 10.0. The number of aryl methyl sites for hydroxylation is 1. The lowest BCUT2D eigenvalue weighted by atomic mass is 9.98. The number of halogens is 2. The van der Waals surface area contributed by atoms with E-state index in [0.29, 0.717) is 65.4 Å². The summed E-state index contributed by atoms with van der Waals surface area (Å²) in [5, 5.41) is 14.9. The second-order valence-electron chi connectivity index (χ2n) is 12.7. The Labute approximate surface area is 300 Å². The Balaban J connectivity index is 1.11. The molecule has 50 heavy (non-hydrogen) atoms. The molecule has 11 nitrogen and oxygen atoms in total. The van der Waals surface area contributed by atoms with E-state index in [2.05, 4.69) is 38.5 Å². The molecule has 0 unspecified atom stereocenters. The Morgan fingerprint density at radius 1 is 0.820 bits per heavy atom. The van der Waals surface area contributed by atoms with Crippen molar-refractivity contribution in [3.05, 3.63) is 82.2 Å². The van der Waals surface area contributed by atoms with Crippen LogP contribution in [0.1, 0.15) is 36.9 Å². The third-order valence-electron chi connectivity index (χ3n) is 9.31. The lowest BCUT2D eigenvalue weighted by Gasteiger charge is -2.15. The van der Waals surface area contributed by atoms with Gasteiger partial charge in [0.2, 0.25) is 17.7 Å². The molecular formula is C37H38Cl2N8O3. The van der Waals surface area contributed by atoms with Gasteiger partial charge in [0, 0.05) is 92.0 Å². The van der Waals surface area contributed by atoms with E-state index < -0.39 is 0 Å². The molecule has 13 heteroatoms. The van der Waals surface area contributed by atoms with Crippen molar-refractivity contribution in [1.82, 2.24) is 40.8 Å². The van der Waals surface area contributed by atoms with Crippen LogP contribution in [0.4, 0.5) is 0 Å². The second kappa shape index (κ2) is 14.7. The molecule has 3 aromatic heterocycles. The van der Waals surface area contributed by atoms with Gasteiger partial charge in [-0.1, -0.05) is 59.6 Å². The van der Waals surface area contributed by atoms with Crippen LogP contribution in [-0.4, -0.2) is 63.6 Å². The minimum Gasteiger partial charge on any atom is -0.480 e. The number of nitrogens with zero attached hydrogens (tertiary/aromatic N) is 4. The Morgan fingerprint density at radius 2 is 1.42 bits per heavy atom. The first-order chi connectivity index (χ1) is 24.3. The van der Waals surface area contributed by atoms with Gasteiger partial charge in [-0.25, -0.2) is 9.97 Å². The Morgan fingerprint density at radius 3 is 2.02 bits per heavy atom. The van der Waals surface area contributed by atoms with E-state index >= 15 is 0 Å². The van der Waals surface area contributed by atoms with E-state index in [9.17, 15) is 9.59 Å². The molecule has 0 radical (unpaired) electrons. The van der Waals surface area contributed by atoms with Crippen LogP contribution in [0, 0.1) is 0 Å². The van der Waals surface area contributed by atoms with Crippen molar-refractivity contribution in [2.45, 2.75) is 50.9 Å². The molecular weight excluding hydrogens is 675 g/mol. The van der Waals surface area contributed by atoms with Crippen molar-refractivity contribution >= 4 is 46.0 Å². The van der Waals surface area contributed by atoms with Crippen LogP contribution in [0.2, 0.25) is 10.0 Å². The number of rotatable bonds is 12. The van der Waals surface area contributed by atoms with Gasteiger partial charge in [0.15, 0.2) is 0 Å². The normalized spacial score (nSPS) is 17.4. The Hall–Kier alpha value is -4.55. The van der Waals surface area contributed by atoms with Crippen molar-refractivity contribution in [2.24, 2.45) is 7.05 Å². The fourth-order valence-electron chi connectivity index (χ4n) is 6.72. The van der Waals surface area contributed by atoms with Crippen LogP contribution < -0.4 is 26.0 Å². The van der Waals surface area contributed by atoms with Gasteiger partial charge in [0.05, 0.1) is 34.7 Å². The largest absolute Gasteiger partial charge is 0.480 e. The first kappa shape index (κ1) is 33.9. The second-order valence-corrected chi connectivity index (χ2v) is 13.5. The quantitative estimate of drug-likeness (QED) is 0.135. The summed E-state index contributed by atoms with van der Waals surface area (Å²) in [5.41, 5.74) is 6.99. The van der Waals surface area contributed by atoms with Crippen LogP contribution in [0.3, 0.4) is 0 Å². The first-order valence-electron chi connectivity index (χ1n) is 16.7. The van der Waals surface area contributed by atoms with E-state index in [1.165, 1.54) is 0 Å². The predicted molar refractivity (Wildman–Crippen MR) is 195 cm³/mol. The lowest BCUT2D eigenvalue weighted by molar-refractivity contribution is -0.120. The van der Waals surface area contributed by atoms with Gasteiger partial charge in [-0.05, 0) is 30.5 Å². The van der Waals surface area contributed by atoms with Crippen molar-refractivity contribution in [3.8, 4) is 39.5 Å². The summed E-state index contributed by atoms with van der Waals surface area (Å²) in [4.78, 5) is 37.5. The van der Waals surface area contributed by atoms with Gasteiger partial charge >= 0.3 is 0 Å². The number of benzene rings is 2. The highest BCUT2D eigenvalue weighted by atomic mass is 35.5. The summed E-state index contributed by atoms with van der Waals surface area (Å²) in [7, 11) is 3.55. The van der Waals surface area contributed by atoms with Gasteiger partial charge in [-0.2, -0.15) is 0 Å². The molecule has 7 rings (SSSR count). The molecule has 5 heterocycles. The number of nitrogens with one attached hydrogen (secondary N) is 4. The summed E-state index contributed by atoms with van der Waals surface area (Å²) >= 11 is 14.2. The van der Waals surface area contributed by atoms with Crippen LogP contribution >= 0.6 is 23.2 Å². The lowest BCUT2D eigenvalue weighted by Crippen LogP contribution is -2.35. The van der Waals surface area contributed by atoms with Gasteiger partial charge in [0.25, 0.3) is 0 Å². The van der Waals surface area contributed by atoms with E-state index in [1.807, 2.05) is 54.1 Å². The maximum Gasteiger partial charge on any atom is 0.237 e. The number of carbonyl (C=O) groups excluding carboxylic acids is 2. The maximum absolute atomic E-state index is 11.5. The number of fused-ring (bicyclic) bond motifs is 1. The molecule has 2 fully saturated rings. The zero-order chi connectivity index (χ0) is 34.8. The minimum absolute atomic E-state index is 0.0862. The zero-order valence-electron chi connectivity index (χ0n) is 27.9. The smallest absolute Gasteiger partial charge is 0.237 e. The highest BCUT2D eigenvalue weighted by Gasteiger charge is 2.22. The van der Waals surface area contributed by atoms with Crippen LogP contribution in [0.5, 0.6) is 5.88 Å². The van der Waals surface area contributed by atoms with Crippen molar-refractivity contribution < 1.29 is 14.3 Å². The summed E-state index contributed by atoms with van der Waals surface area (Å²) in [6.45, 7) is 2.49. The molecule has 2 amide bonds. The van der Waals surface area contributed by atoms with E-state index in [1.54, 1.807) is 13.3 Å². The summed E-state index contributed by atoms with van der Waals surface area (Å²) in [6.07, 6.45) is 6.61. The topological polar surface area (TPSA) is 135 Å². The number of hydrogen-bond acceptors (Lipinski definition) is 8. The molecule has 4 N–H and O–H groups in total. The number of ether oxygens (including phenoxy) is 1. The molecule has 2 atom stereocenters. The van der Waals surface area contributed by atoms with Crippen molar-refractivity contribution in [1.29, 1.82) is 0 Å². The molecule has 2 aromatic carbocycles. The fraction of sp³-hybridized carbons (Fsp3) is 0.324. The first-order valence-corrected chi connectivity index (χ1v) is 17.5. The van der Waals surface area contributed by atoms with Crippen molar-refractivity contribution in [2.75, 3.05) is 20.2 Å². The van der Waals surface area contributed by atoms with Crippen LogP contribution in [0.15, 0.2) is 60.9 Å². The standard InChI is InChI=1S/C37H38Cl2N8O3/c1-47-20-21(15-40-16-22-9-13-32(48)43-22)24-11-12-29(45-36(24)47)27-7-3-5-25(34(27)38)26-6-4-8-28(35(26)39)30-19-42-31(37(46-30)50-2)18-41-17-23-10-14-33(49)44-23/h3-8,11-12,19-20,22-23,40-41H,9-10,13-18H2,1-2H3,(H,43,48)(H,44,49)/t22-,23-/m0/s1. The molecule has 2 aliphatic rings. The third kappa shape index (κ3) is 7.04. The monoisotopic (exact) mass is 712 g/mol. The Bertz CT molecular complexity index is 2080. The predicted octanol–water partition coefficient (Wildman–Crippen LogP) is 5.42. The molecule has 0 aliphatic carbocycles. The highest BCUT2D eigenvalue weighted by molar-refractivity contribution is 6.39. The average Bonchev–Trinajstić information content (AvgIpc) is 3.83. The van der Waals surface area contributed by atoms with Gasteiger partial charge in [-0.15, -0.1) is 0 Å². The highest BCUT2D eigenvalue weighted by Crippen LogP contribution is 2.42. The molecule has 0 spiro atoms.